The largest absolute Gasteiger partial charge is 0.463 e. The number of carbonyl (C=O) groups excluding carboxylic acids is 3. The number of hydrogen-bond acceptors (Lipinski definition) is 5. The van der Waals surface area contributed by atoms with Crippen LogP contribution in [0.2, 0.25) is 0 Å². The Morgan fingerprint density at radius 2 is 2.08 bits per heavy atom. The maximum absolute atomic E-state index is 12.9. The van der Waals surface area contributed by atoms with E-state index in [4.69, 9.17) is 9.15 Å². The molecule has 1 aromatic heterocycles. The van der Waals surface area contributed by atoms with Crippen LogP contribution < -0.4 is 5.32 Å². The first-order valence-corrected chi connectivity index (χ1v) is 8.43. The van der Waals surface area contributed by atoms with E-state index in [1.54, 1.807) is 26.0 Å². The highest BCUT2D eigenvalue weighted by molar-refractivity contribution is 6.08. The summed E-state index contributed by atoms with van der Waals surface area (Å²) in [5.74, 6) is -1.67. The molecule has 3 rings (SSSR count). The number of likely N-dealkylation sites (tertiary alicyclic amines) is 1. The molecule has 1 aromatic rings. The summed E-state index contributed by atoms with van der Waals surface area (Å²) in [6.45, 7) is 5.88. The maximum atomic E-state index is 12.9. The second kappa shape index (κ2) is 6.05. The first kappa shape index (κ1) is 16.7. The van der Waals surface area contributed by atoms with Crippen molar-refractivity contribution in [3.63, 3.8) is 0 Å². The summed E-state index contributed by atoms with van der Waals surface area (Å²) in [5.41, 5.74) is -1.09. The number of hydrogen-bond donors (Lipinski definition) is 1. The van der Waals surface area contributed by atoms with E-state index in [2.05, 4.69) is 0 Å². The van der Waals surface area contributed by atoms with E-state index in [-0.39, 0.29) is 18.4 Å². The minimum Gasteiger partial charge on any atom is -0.463 e. The van der Waals surface area contributed by atoms with Crippen molar-refractivity contribution in [1.29, 1.82) is 0 Å². The number of nitrogens with two attached hydrogens (primary N) is 1. The number of fused-ring (bicyclic) bond motifs is 1. The molecule has 130 valence electrons. The molecule has 2 amide bonds. The molecule has 4 atom stereocenters. The SMILES string of the molecule is CCOC(=O)[C@@]1(CC)[NH2+][C@@H](c2ccco2)[C@H]2C(=O)N(CC)C(=O)[C@@H]21. The Morgan fingerprint density at radius 3 is 2.62 bits per heavy atom. The van der Waals surface area contributed by atoms with E-state index >= 15 is 0 Å². The zero-order valence-electron chi connectivity index (χ0n) is 14.2. The lowest BCUT2D eigenvalue weighted by atomic mass is 9.78. The van der Waals surface area contributed by atoms with Crippen molar-refractivity contribution in [2.24, 2.45) is 11.8 Å². The van der Waals surface area contributed by atoms with Crippen molar-refractivity contribution >= 4 is 17.8 Å². The zero-order chi connectivity index (χ0) is 17.5. The number of ether oxygens (including phenoxy) is 1. The van der Waals surface area contributed by atoms with E-state index in [0.717, 1.165) is 0 Å². The molecule has 24 heavy (non-hydrogen) atoms. The number of carbonyl (C=O) groups is 3. The summed E-state index contributed by atoms with van der Waals surface area (Å²) in [6, 6.07) is 3.12. The van der Waals surface area contributed by atoms with Gasteiger partial charge in [-0.2, -0.15) is 0 Å². The molecule has 7 nitrogen and oxygen atoms in total. The van der Waals surface area contributed by atoms with Gasteiger partial charge in [0, 0.05) is 13.0 Å². The summed E-state index contributed by atoms with van der Waals surface area (Å²) in [4.78, 5) is 39.7. The Hall–Kier alpha value is -2.15. The van der Waals surface area contributed by atoms with Crippen LogP contribution in [0.1, 0.15) is 39.0 Å². The van der Waals surface area contributed by atoms with Crippen LogP contribution in [-0.2, 0) is 19.1 Å². The number of furan rings is 1. The molecule has 0 unspecified atom stereocenters. The van der Waals surface area contributed by atoms with Gasteiger partial charge in [-0.05, 0) is 26.0 Å². The second-order valence-electron chi connectivity index (χ2n) is 6.25. The average molecular weight is 335 g/mol. The predicted octanol–water partition coefficient (Wildman–Crippen LogP) is 0.231. The van der Waals surface area contributed by atoms with Crippen LogP contribution in [0.5, 0.6) is 0 Å². The number of rotatable bonds is 5. The molecule has 0 spiro atoms. The molecule has 2 N–H and O–H groups in total. The Morgan fingerprint density at radius 1 is 1.33 bits per heavy atom. The second-order valence-corrected chi connectivity index (χ2v) is 6.25. The van der Waals surface area contributed by atoms with Gasteiger partial charge >= 0.3 is 5.97 Å². The molecular weight excluding hydrogens is 312 g/mol. The maximum Gasteiger partial charge on any atom is 0.368 e. The minimum atomic E-state index is -1.09. The monoisotopic (exact) mass is 335 g/mol. The summed E-state index contributed by atoms with van der Waals surface area (Å²) in [6.07, 6.45) is 1.94. The lowest BCUT2D eigenvalue weighted by Gasteiger charge is -2.28. The summed E-state index contributed by atoms with van der Waals surface area (Å²) >= 11 is 0. The van der Waals surface area contributed by atoms with E-state index in [0.29, 0.717) is 18.7 Å². The number of nitrogens with zero attached hydrogens (tertiary/aromatic N) is 1. The number of amides is 2. The summed E-state index contributed by atoms with van der Waals surface area (Å²) < 4.78 is 10.8. The highest BCUT2D eigenvalue weighted by atomic mass is 16.5. The third-order valence-electron chi connectivity index (χ3n) is 5.29. The third kappa shape index (κ3) is 2.11. The van der Waals surface area contributed by atoms with Gasteiger partial charge in [-0.3, -0.25) is 14.5 Å². The minimum absolute atomic E-state index is 0.232. The van der Waals surface area contributed by atoms with Gasteiger partial charge in [0.25, 0.3) is 0 Å². The summed E-state index contributed by atoms with van der Waals surface area (Å²) in [5, 5.41) is 1.81. The quantitative estimate of drug-likeness (QED) is 0.614. The fraction of sp³-hybridized carbons (Fsp3) is 0.588. The fourth-order valence-electron chi connectivity index (χ4n) is 4.18. The summed E-state index contributed by atoms with van der Waals surface area (Å²) in [7, 11) is 0. The van der Waals surface area contributed by atoms with Crippen molar-refractivity contribution in [2.45, 2.75) is 38.8 Å². The van der Waals surface area contributed by atoms with Gasteiger partial charge in [-0.15, -0.1) is 0 Å². The van der Waals surface area contributed by atoms with Crippen LogP contribution in [0.3, 0.4) is 0 Å². The predicted molar refractivity (Wildman–Crippen MR) is 82.4 cm³/mol. The molecule has 0 radical (unpaired) electrons. The number of imide groups is 1. The van der Waals surface area contributed by atoms with Gasteiger partial charge in [0.1, 0.15) is 11.8 Å². The Bertz CT molecular complexity index is 656. The molecule has 0 saturated carbocycles. The molecule has 2 aliphatic rings. The normalized spacial score (nSPS) is 32.3. The van der Waals surface area contributed by atoms with Crippen LogP contribution in [0.4, 0.5) is 0 Å². The van der Waals surface area contributed by atoms with Gasteiger partial charge in [0.2, 0.25) is 17.4 Å². The van der Waals surface area contributed by atoms with E-state index < -0.39 is 29.4 Å². The Labute approximate surface area is 140 Å². The van der Waals surface area contributed by atoms with E-state index in [1.807, 2.05) is 12.2 Å². The number of esters is 1. The standard InChI is InChI=1S/C17H22N2O5/c1-4-17(16(22)23-6-3)12-11(14(20)19(5-2)15(12)21)13(18-17)10-8-7-9-24-10/h7-9,11-13,18H,4-6H2,1-3H3/p+1/t11-,12+,13-,17-/m0/s1. The fourth-order valence-corrected chi connectivity index (χ4v) is 4.18. The third-order valence-corrected chi connectivity index (χ3v) is 5.29. The van der Waals surface area contributed by atoms with Crippen LogP contribution in [0, 0.1) is 11.8 Å². The van der Waals surface area contributed by atoms with Gasteiger partial charge in [-0.25, -0.2) is 4.79 Å². The Kier molecular flexibility index (Phi) is 4.21. The molecule has 2 saturated heterocycles. The molecule has 3 heterocycles. The van der Waals surface area contributed by atoms with E-state index in [9.17, 15) is 14.4 Å². The molecule has 2 fully saturated rings. The smallest absolute Gasteiger partial charge is 0.368 e. The zero-order valence-corrected chi connectivity index (χ0v) is 14.2. The van der Waals surface area contributed by atoms with Crippen LogP contribution in [0.25, 0.3) is 0 Å². The lowest BCUT2D eigenvalue weighted by Crippen LogP contribution is -2.98. The van der Waals surface area contributed by atoms with Crippen molar-refractivity contribution in [3.05, 3.63) is 24.2 Å². The van der Waals surface area contributed by atoms with Gasteiger partial charge in [-0.1, -0.05) is 6.92 Å². The van der Waals surface area contributed by atoms with E-state index in [1.165, 1.54) is 11.2 Å². The van der Waals surface area contributed by atoms with Crippen LogP contribution >= 0.6 is 0 Å². The van der Waals surface area contributed by atoms with Crippen molar-refractivity contribution in [2.75, 3.05) is 13.2 Å². The topological polar surface area (TPSA) is 93.4 Å². The molecule has 0 aliphatic carbocycles. The first-order valence-electron chi connectivity index (χ1n) is 8.43. The molecule has 2 aliphatic heterocycles. The van der Waals surface area contributed by atoms with Crippen LogP contribution in [0.15, 0.2) is 22.8 Å². The van der Waals surface area contributed by atoms with Crippen molar-refractivity contribution in [1.82, 2.24) is 4.90 Å². The molecule has 7 heteroatoms. The molecule has 0 aromatic carbocycles. The average Bonchev–Trinajstić information content (AvgIpc) is 3.25. The molecular formula is C17H23N2O5+. The van der Waals surface area contributed by atoms with Crippen LogP contribution in [-0.4, -0.2) is 41.4 Å². The van der Waals surface area contributed by atoms with Crippen molar-refractivity contribution in [3.8, 4) is 0 Å². The van der Waals surface area contributed by atoms with Crippen molar-refractivity contribution < 1.29 is 28.9 Å². The van der Waals surface area contributed by atoms with Gasteiger partial charge < -0.3 is 14.5 Å². The number of quaternary nitrogens is 1. The Balaban J connectivity index is 2.10. The van der Waals surface area contributed by atoms with Gasteiger partial charge in [0.15, 0.2) is 11.8 Å². The van der Waals surface area contributed by atoms with Gasteiger partial charge in [0.05, 0.1) is 12.9 Å². The highest BCUT2D eigenvalue weighted by Gasteiger charge is 2.72. The lowest BCUT2D eigenvalue weighted by molar-refractivity contribution is -0.736. The highest BCUT2D eigenvalue weighted by Crippen LogP contribution is 2.45. The molecule has 0 bridgehead atoms. The first-order chi connectivity index (χ1) is 11.5.